The zero-order valence-electron chi connectivity index (χ0n) is 16.4. The molecule has 3 N–H and O–H groups in total. The third kappa shape index (κ3) is 3.58. The highest BCUT2D eigenvalue weighted by Crippen LogP contribution is 2.44. The van der Waals surface area contributed by atoms with E-state index < -0.39 is 0 Å². The lowest BCUT2D eigenvalue weighted by Gasteiger charge is -2.10. The molecule has 1 aliphatic rings. The Hall–Kier alpha value is -3.26. The van der Waals surface area contributed by atoms with Crippen LogP contribution in [0, 0.1) is 10.8 Å². The molecule has 3 aromatic rings. The average Bonchev–Trinajstić information content (AvgIpc) is 3.28. The van der Waals surface area contributed by atoms with Gasteiger partial charge in [-0.25, -0.2) is 9.97 Å². The number of nitrogens with one attached hydrogen (secondary N) is 3. The van der Waals surface area contributed by atoms with Crippen molar-refractivity contribution >= 4 is 33.9 Å². The fourth-order valence-electron chi connectivity index (χ4n) is 3.21. The van der Waals surface area contributed by atoms with E-state index >= 15 is 0 Å². The predicted molar refractivity (Wildman–Crippen MR) is 118 cm³/mol. The second-order valence-electron chi connectivity index (χ2n) is 6.85. The molecule has 29 heavy (non-hydrogen) atoms. The molecule has 146 valence electrons. The first-order valence-corrected chi connectivity index (χ1v) is 9.97. The minimum atomic E-state index is 0.410. The summed E-state index contributed by atoms with van der Waals surface area (Å²) in [5.74, 6) is 0.714. The topological polar surface area (TPSA) is 103 Å². The summed E-state index contributed by atoms with van der Waals surface area (Å²) < 4.78 is 1.85. The third-order valence-corrected chi connectivity index (χ3v) is 5.94. The third-order valence-electron chi connectivity index (χ3n) is 4.94. The first kappa shape index (κ1) is 19.1. The number of thioether (sulfide) groups is 1. The van der Waals surface area contributed by atoms with Crippen molar-refractivity contribution < 1.29 is 0 Å². The first-order chi connectivity index (χ1) is 14.0. The quantitative estimate of drug-likeness (QED) is 0.548. The van der Waals surface area contributed by atoms with Gasteiger partial charge in [0.25, 0.3) is 0 Å². The van der Waals surface area contributed by atoms with Gasteiger partial charge in [-0.3, -0.25) is 10.1 Å². The Morgan fingerprint density at radius 2 is 1.90 bits per heavy atom. The van der Waals surface area contributed by atoms with Crippen molar-refractivity contribution in [2.24, 2.45) is 7.05 Å². The lowest BCUT2D eigenvalue weighted by atomic mass is 10.0. The number of nitrogens with zero attached hydrogens (tertiary/aromatic N) is 4. The van der Waals surface area contributed by atoms with Crippen LogP contribution in [0.25, 0.3) is 16.8 Å². The molecular weight excluding hydrogens is 382 g/mol. The van der Waals surface area contributed by atoms with E-state index in [2.05, 4.69) is 44.6 Å². The highest BCUT2D eigenvalue weighted by Gasteiger charge is 2.29. The van der Waals surface area contributed by atoms with Gasteiger partial charge in [0.05, 0.1) is 16.3 Å². The number of benzene rings is 1. The van der Waals surface area contributed by atoms with Crippen molar-refractivity contribution in [1.82, 2.24) is 19.7 Å². The molecule has 0 atom stereocenters. The normalized spacial score (nSPS) is 14.7. The van der Waals surface area contributed by atoms with Crippen molar-refractivity contribution in [3.63, 3.8) is 0 Å². The van der Waals surface area contributed by atoms with Crippen molar-refractivity contribution in [1.29, 1.82) is 10.8 Å². The van der Waals surface area contributed by atoms with Gasteiger partial charge >= 0.3 is 0 Å². The molecule has 2 aromatic heterocycles. The molecule has 0 spiro atoms. The summed E-state index contributed by atoms with van der Waals surface area (Å²) in [6, 6.07) is 10.3. The van der Waals surface area contributed by atoms with Gasteiger partial charge in [0.2, 0.25) is 0 Å². The van der Waals surface area contributed by atoms with Gasteiger partial charge in [-0.1, -0.05) is 36.0 Å². The highest BCUT2D eigenvalue weighted by molar-refractivity contribution is 8.15. The number of anilines is 1. The summed E-state index contributed by atoms with van der Waals surface area (Å²) in [5, 5.41) is 24.2. The molecule has 0 aliphatic carbocycles. The smallest absolute Gasteiger partial charge is 0.144 e. The Morgan fingerprint density at radius 1 is 1.14 bits per heavy atom. The highest BCUT2D eigenvalue weighted by atomic mass is 32.2. The van der Waals surface area contributed by atoms with Crippen LogP contribution in [0.5, 0.6) is 0 Å². The van der Waals surface area contributed by atoms with Gasteiger partial charge in [0, 0.05) is 31.1 Å². The molecule has 0 saturated heterocycles. The molecule has 4 rings (SSSR count). The molecule has 1 aliphatic heterocycles. The summed E-state index contributed by atoms with van der Waals surface area (Å²) in [6.45, 7) is 4.21. The van der Waals surface area contributed by atoms with E-state index in [1.165, 1.54) is 18.1 Å². The second kappa shape index (κ2) is 7.63. The average molecular weight is 404 g/mol. The molecule has 1 aromatic carbocycles. The minimum absolute atomic E-state index is 0.410. The van der Waals surface area contributed by atoms with E-state index in [-0.39, 0.29) is 0 Å². The van der Waals surface area contributed by atoms with Crippen LogP contribution in [0.2, 0.25) is 0 Å². The summed E-state index contributed by atoms with van der Waals surface area (Å²) in [5.41, 5.74) is 5.99. The maximum absolute atomic E-state index is 8.32. The molecule has 0 unspecified atom stereocenters. The summed E-state index contributed by atoms with van der Waals surface area (Å²) in [7, 11) is 1.93. The largest absolute Gasteiger partial charge is 0.365 e. The molecule has 0 amide bonds. The van der Waals surface area contributed by atoms with Crippen molar-refractivity contribution in [2.45, 2.75) is 25.3 Å². The van der Waals surface area contributed by atoms with Gasteiger partial charge in [-0.2, -0.15) is 5.10 Å². The lowest BCUT2D eigenvalue weighted by Crippen LogP contribution is -2.05. The maximum Gasteiger partial charge on any atom is 0.144 e. The number of hydrogen-bond donors (Lipinski definition) is 3. The monoisotopic (exact) mass is 403 g/mol. The zero-order chi connectivity index (χ0) is 20.5. The second-order valence-corrected chi connectivity index (χ2v) is 7.87. The number of rotatable bonds is 5. The van der Waals surface area contributed by atoms with Crippen molar-refractivity contribution in [2.75, 3.05) is 5.32 Å². The van der Waals surface area contributed by atoms with Gasteiger partial charge in [-0.05, 0) is 36.6 Å². The fourth-order valence-corrected chi connectivity index (χ4v) is 4.24. The molecule has 0 radical (unpaired) electrons. The molecular formula is C21H21N7S. The standard InChI is InChI=1S/C21H21N7S/c1-12(13(2)22)17-18-19(29-20(17)23)21(26-11-25-18)24-10-14-4-6-15(7-5-14)16-8-9-27-28(16)3/h4-9,11,22-23H,10H2,1-3H3,(H,24,25,26)/b17-12-,22-13?,23-20?. The van der Waals surface area contributed by atoms with Crippen LogP contribution < -0.4 is 5.32 Å². The maximum atomic E-state index is 8.32. The van der Waals surface area contributed by atoms with Crippen LogP contribution in [0.4, 0.5) is 5.82 Å². The summed E-state index contributed by atoms with van der Waals surface area (Å²) in [6.07, 6.45) is 3.30. The number of allylic oxidation sites excluding steroid dienone is 1. The van der Waals surface area contributed by atoms with Gasteiger partial charge < -0.3 is 10.7 Å². The van der Waals surface area contributed by atoms with E-state index in [4.69, 9.17) is 10.8 Å². The van der Waals surface area contributed by atoms with Crippen LogP contribution in [-0.4, -0.2) is 30.5 Å². The molecule has 7 nitrogen and oxygen atoms in total. The van der Waals surface area contributed by atoms with Crippen LogP contribution in [0.15, 0.2) is 53.3 Å². The van der Waals surface area contributed by atoms with Crippen LogP contribution in [0.1, 0.15) is 25.1 Å². The summed E-state index contributed by atoms with van der Waals surface area (Å²) >= 11 is 1.34. The van der Waals surface area contributed by atoms with E-state index in [1.54, 1.807) is 13.1 Å². The first-order valence-electron chi connectivity index (χ1n) is 9.15. The Bertz CT molecular complexity index is 1140. The molecule has 8 heteroatoms. The van der Waals surface area contributed by atoms with E-state index in [9.17, 15) is 0 Å². The van der Waals surface area contributed by atoms with Crippen LogP contribution in [0.3, 0.4) is 0 Å². The SMILES string of the molecule is CC(=N)/C(C)=C1\C(=N)Sc2c(NCc3ccc(-c4ccnn4C)cc3)ncnc21. The Morgan fingerprint density at radius 3 is 2.55 bits per heavy atom. The van der Waals surface area contributed by atoms with E-state index in [0.717, 1.165) is 38.6 Å². The number of hydrogen-bond acceptors (Lipinski definition) is 7. The van der Waals surface area contributed by atoms with Gasteiger partial charge in [0.1, 0.15) is 17.2 Å². The predicted octanol–water partition coefficient (Wildman–Crippen LogP) is 4.39. The van der Waals surface area contributed by atoms with E-state index in [1.807, 2.05) is 24.7 Å². The van der Waals surface area contributed by atoms with Crippen LogP contribution in [-0.2, 0) is 13.6 Å². The Kier molecular flexibility index (Phi) is 5.02. The number of aryl methyl sites for hydroxylation is 1. The Balaban J connectivity index is 1.55. The molecule has 0 bridgehead atoms. The fraction of sp³-hybridized carbons (Fsp3) is 0.190. The molecule has 3 heterocycles. The van der Waals surface area contributed by atoms with E-state index in [0.29, 0.717) is 23.1 Å². The summed E-state index contributed by atoms with van der Waals surface area (Å²) in [4.78, 5) is 9.61. The zero-order valence-corrected chi connectivity index (χ0v) is 17.3. The number of aromatic nitrogens is 4. The molecule has 0 saturated carbocycles. The van der Waals surface area contributed by atoms with Crippen LogP contribution >= 0.6 is 11.8 Å². The van der Waals surface area contributed by atoms with Crippen molar-refractivity contribution in [3.8, 4) is 11.3 Å². The Labute approximate surface area is 173 Å². The van der Waals surface area contributed by atoms with Gasteiger partial charge in [-0.15, -0.1) is 0 Å². The molecule has 0 fully saturated rings. The van der Waals surface area contributed by atoms with Gasteiger partial charge in [0.15, 0.2) is 0 Å². The lowest BCUT2D eigenvalue weighted by molar-refractivity contribution is 0.776. The van der Waals surface area contributed by atoms with Crippen molar-refractivity contribution in [3.05, 3.63) is 59.7 Å². The number of fused-ring (bicyclic) bond motifs is 1. The minimum Gasteiger partial charge on any atom is -0.365 e.